The van der Waals surface area contributed by atoms with E-state index in [9.17, 15) is 13.2 Å². The Hall–Kier alpha value is -2.83. The summed E-state index contributed by atoms with van der Waals surface area (Å²) in [6, 6.07) is 20.6. The molecule has 0 aliphatic carbocycles. The second-order valence-electron chi connectivity index (χ2n) is 7.04. The van der Waals surface area contributed by atoms with Crippen LogP contribution in [0.15, 0.2) is 77.7 Å². The van der Waals surface area contributed by atoms with Crippen LogP contribution in [0, 0.1) is 13.8 Å². The third kappa shape index (κ3) is 4.66. The molecule has 0 saturated heterocycles. The lowest BCUT2D eigenvalue weighted by molar-refractivity contribution is -0.116. The van der Waals surface area contributed by atoms with Gasteiger partial charge in [0.25, 0.3) is 10.0 Å². The fourth-order valence-electron chi connectivity index (χ4n) is 3.06. The van der Waals surface area contributed by atoms with Crippen molar-refractivity contribution in [2.45, 2.75) is 18.7 Å². The highest BCUT2D eigenvalue weighted by Crippen LogP contribution is 2.29. The lowest BCUT2D eigenvalue weighted by Crippen LogP contribution is -2.42. The highest BCUT2D eigenvalue weighted by molar-refractivity contribution is 7.92. The number of carbonyl (C=O) groups is 1. The molecular weight excluding hydrogens is 420 g/mol. The van der Waals surface area contributed by atoms with E-state index in [1.165, 1.54) is 4.90 Å². The zero-order valence-electron chi connectivity index (χ0n) is 17.0. The summed E-state index contributed by atoms with van der Waals surface area (Å²) in [5, 5.41) is 0.497. The monoisotopic (exact) mass is 442 g/mol. The average Bonchev–Trinajstić information content (AvgIpc) is 2.72. The molecule has 0 fully saturated rings. The maximum atomic E-state index is 13.5. The molecule has 0 heterocycles. The summed E-state index contributed by atoms with van der Waals surface area (Å²) in [7, 11) is -2.35. The molecule has 156 valence electrons. The molecule has 3 aromatic carbocycles. The topological polar surface area (TPSA) is 57.7 Å². The Kier molecular flexibility index (Phi) is 6.48. The molecule has 3 rings (SSSR count). The van der Waals surface area contributed by atoms with Crippen LogP contribution in [0.25, 0.3) is 0 Å². The van der Waals surface area contributed by atoms with Crippen LogP contribution < -0.4 is 9.21 Å². The van der Waals surface area contributed by atoms with Gasteiger partial charge >= 0.3 is 0 Å². The van der Waals surface area contributed by atoms with Crippen molar-refractivity contribution in [2.75, 3.05) is 22.8 Å². The number of hydrogen-bond donors (Lipinski definition) is 0. The predicted molar refractivity (Wildman–Crippen MR) is 122 cm³/mol. The Balaban J connectivity index is 2.03. The van der Waals surface area contributed by atoms with Crippen molar-refractivity contribution in [2.24, 2.45) is 0 Å². The smallest absolute Gasteiger partial charge is 0.264 e. The van der Waals surface area contributed by atoms with Gasteiger partial charge in [0.1, 0.15) is 6.54 Å². The zero-order chi connectivity index (χ0) is 21.9. The van der Waals surface area contributed by atoms with Gasteiger partial charge in [0.2, 0.25) is 5.91 Å². The second-order valence-corrected chi connectivity index (χ2v) is 9.34. The van der Waals surface area contributed by atoms with Crippen molar-refractivity contribution in [3.05, 3.63) is 88.9 Å². The van der Waals surface area contributed by atoms with Crippen molar-refractivity contribution in [3.63, 3.8) is 0 Å². The fourth-order valence-corrected chi connectivity index (χ4v) is 4.77. The molecule has 0 saturated carbocycles. The molecule has 0 spiro atoms. The molecule has 0 atom stereocenters. The van der Waals surface area contributed by atoms with Gasteiger partial charge in [-0.3, -0.25) is 9.10 Å². The van der Waals surface area contributed by atoms with Crippen molar-refractivity contribution in [1.29, 1.82) is 0 Å². The summed E-state index contributed by atoms with van der Waals surface area (Å²) in [4.78, 5) is 14.6. The number of hydrogen-bond acceptors (Lipinski definition) is 3. The quantitative estimate of drug-likeness (QED) is 0.550. The minimum Gasteiger partial charge on any atom is -0.314 e. The molecule has 0 bridgehead atoms. The zero-order valence-corrected chi connectivity index (χ0v) is 18.6. The van der Waals surface area contributed by atoms with Gasteiger partial charge < -0.3 is 4.90 Å². The van der Waals surface area contributed by atoms with E-state index in [1.54, 1.807) is 68.6 Å². The molecule has 0 N–H and O–H groups in total. The first kappa shape index (κ1) is 21.9. The van der Waals surface area contributed by atoms with E-state index in [1.807, 2.05) is 25.1 Å². The molecule has 0 aliphatic rings. The molecule has 1 amide bonds. The lowest BCUT2D eigenvalue weighted by atomic mass is 10.2. The van der Waals surface area contributed by atoms with Gasteiger partial charge in [0, 0.05) is 17.8 Å². The Labute approximate surface area is 182 Å². The van der Waals surface area contributed by atoms with Crippen LogP contribution in [0.2, 0.25) is 5.02 Å². The van der Waals surface area contributed by atoms with Crippen molar-refractivity contribution < 1.29 is 13.2 Å². The van der Waals surface area contributed by atoms with Crippen molar-refractivity contribution >= 4 is 38.9 Å². The van der Waals surface area contributed by atoms with Crippen LogP contribution in [0.3, 0.4) is 0 Å². The van der Waals surface area contributed by atoms with Crippen LogP contribution in [0.5, 0.6) is 0 Å². The Bertz CT molecular complexity index is 1150. The summed E-state index contributed by atoms with van der Waals surface area (Å²) in [5.74, 6) is -0.355. The number of likely N-dealkylation sites (N-methyl/N-ethyl adjacent to an activating group) is 1. The first-order chi connectivity index (χ1) is 14.2. The van der Waals surface area contributed by atoms with Crippen molar-refractivity contribution in [3.8, 4) is 0 Å². The van der Waals surface area contributed by atoms with E-state index < -0.39 is 10.0 Å². The number of aryl methyl sites for hydroxylation is 2. The molecule has 7 heteroatoms. The molecule has 0 aromatic heterocycles. The van der Waals surface area contributed by atoms with E-state index in [0.29, 0.717) is 22.0 Å². The minimum atomic E-state index is -3.97. The summed E-state index contributed by atoms with van der Waals surface area (Å²) >= 11 is 6.06. The normalized spacial score (nSPS) is 11.2. The van der Waals surface area contributed by atoms with Gasteiger partial charge in [0.05, 0.1) is 10.6 Å². The third-order valence-electron chi connectivity index (χ3n) is 4.83. The molecule has 0 aliphatic heterocycles. The first-order valence-corrected chi connectivity index (χ1v) is 11.2. The van der Waals surface area contributed by atoms with Gasteiger partial charge in [-0.2, -0.15) is 0 Å². The highest BCUT2D eigenvalue weighted by Gasteiger charge is 2.29. The largest absolute Gasteiger partial charge is 0.314 e. The second kappa shape index (κ2) is 8.90. The van der Waals surface area contributed by atoms with E-state index in [0.717, 1.165) is 9.87 Å². The maximum absolute atomic E-state index is 13.5. The van der Waals surface area contributed by atoms with Gasteiger partial charge in [-0.25, -0.2) is 8.42 Å². The van der Waals surface area contributed by atoms with E-state index in [-0.39, 0.29) is 17.3 Å². The first-order valence-electron chi connectivity index (χ1n) is 9.37. The summed E-state index contributed by atoms with van der Waals surface area (Å²) in [5.41, 5.74) is 2.70. The maximum Gasteiger partial charge on any atom is 0.264 e. The number of carbonyl (C=O) groups excluding carboxylic acids is 1. The number of anilines is 2. The SMILES string of the molecule is Cc1ccc(S(=O)(=O)N(CC(=O)N(C)c2ccccc2)c2ccc(Cl)cc2C)cc1. The van der Waals surface area contributed by atoms with Crippen molar-refractivity contribution in [1.82, 2.24) is 0 Å². The van der Waals surface area contributed by atoms with Crippen LogP contribution in [-0.4, -0.2) is 27.9 Å². The Morgan fingerprint density at radius 3 is 2.17 bits per heavy atom. The van der Waals surface area contributed by atoms with Crippen LogP contribution in [0.4, 0.5) is 11.4 Å². The molecule has 3 aromatic rings. The van der Waals surface area contributed by atoms with E-state index in [4.69, 9.17) is 11.6 Å². The predicted octanol–water partition coefficient (Wildman–Crippen LogP) is 4.82. The number of rotatable bonds is 6. The number of amides is 1. The van der Waals surface area contributed by atoms with Gasteiger partial charge in [-0.1, -0.05) is 47.5 Å². The minimum absolute atomic E-state index is 0.123. The number of sulfonamides is 1. The molecule has 30 heavy (non-hydrogen) atoms. The van der Waals surface area contributed by atoms with E-state index in [2.05, 4.69) is 0 Å². The third-order valence-corrected chi connectivity index (χ3v) is 6.84. The van der Waals surface area contributed by atoms with E-state index >= 15 is 0 Å². The number of nitrogens with zero attached hydrogens (tertiary/aromatic N) is 2. The lowest BCUT2D eigenvalue weighted by Gasteiger charge is -2.28. The van der Waals surface area contributed by atoms with Gasteiger partial charge in [-0.15, -0.1) is 0 Å². The number of benzene rings is 3. The molecule has 0 radical (unpaired) electrons. The molecule has 5 nitrogen and oxygen atoms in total. The molecule has 0 unspecified atom stereocenters. The number of halogens is 1. The standard InChI is InChI=1S/C23H23ClN2O3S/c1-17-9-12-21(13-10-17)30(28,29)26(22-14-11-19(24)15-18(22)2)16-23(27)25(3)20-7-5-4-6-8-20/h4-15H,16H2,1-3H3. The van der Waals surface area contributed by atoms with Crippen LogP contribution in [-0.2, 0) is 14.8 Å². The molecular formula is C23H23ClN2O3S. The Morgan fingerprint density at radius 2 is 1.57 bits per heavy atom. The Morgan fingerprint density at radius 1 is 0.933 bits per heavy atom. The fraction of sp³-hybridized carbons (Fsp3) is 0.174. The highest BCUT2D eigenvalue weighted by atomic mass is 35.5. The summed E-state index contributed by atoms with van der Waals surface area (Å²) in [6.07, 6.45) is 0. The summed E-state index contributed by atoms with van der Waals surface area (Å²) in [6.45, 7) is 3.31. The summed E-state index contributed by atoms with van der Waals surface area (Å²) < 4.78 is 28.1. The number of para-hydroxylation sites is 1. The average molecular weight is 443 g/mol. The van der Waals surface area contributed by atoms with Crippen LogP contribution in [0.1, 0.15) is 11.1 Å². The van der Waals surface area contributed by atoms with Gasteiger partial charge in [-0.05, 0) is 61.9 Å². The van der Waals surface area contributed by atoms with Gasteiger partial charge in [0.15, 0.2) is 0 Å². The van der Waals surface area contributed by atoms with Crippen LogP contribution >= 0.6 is 11.6 Å².